The summed E-state index contributed by atoms with van der Waals surface area (Å²) in [4.78, 5) is 11.8. The number of carbonyl (C=O) groups excluding carboxylic acids is 1. The number of benzene rings is 2. The van der Waals surface area contributed by atoms with Crippen LogP contribution < -0.4 is 4.74 Å². The Kier molecular flexibility index (Phi) is 3.90. The van der Waals surface area contributed by atoms with Crippen molar-refractivity contribution in [2.24, 2.45) is 0 Å². The fourth-order valence-electron chi connectivity index (χ4n) is 1.55. The van der Waals surface area contributed by atoms with Crippen molar-refractivity contribution in [3.63, 3.8) is 0 Å². The van der Waals surface area contributed by atoms with Crippen molar-refractivity contribution >= 4 is 5.78 Å². The van der Waals surface area contributed by atoms with E-state index >= 15 is 0 Å². The van der Waals surface area contributed by atoms with Crippen LogP contribution in [0.25, 0.3) is 0 Å². The van der Waals surface area contributed by atoms with Crippen molar-refractivity contribution < 1.29 is 18.3 Å². The summed E-state index contributed by atoms with van der Waals surface area (Å²) < 4.78 is 31.2. The third kappa shape index (κ3) is 3.37. The second-order valence-electron chi connectivity index (χ2n) is 4.15. The van der Waals surface area contributed by atoms with Crippen molar-refractivity contribution in [1.29, 1.82) is 0 Å². The second kappa shape index (κ2) is 5.61. The number of carbonyl (C=O) groups is 1. The molecule has 0 spiro atoms. The van der Waals surface area contributed by atoms with Crippen LogP contribution in [0.1, 0.15) is 15.9 Å². The molecule has 2 aromatic carbocycles. The Hall–Kier alpha value is -2.23. The van der Waals surface area contributed by atoms with E-state index in [0.29, 0.717) is 5.56 Å². The fraction of sp³-hybridized carbons (Fsp3) is 0.133. The zero-order chi connectivity index (χ0) is 13.8. The Morgan fingerprint density at radius 1 is 1.11 bits per heavy atom. The molecule has 4 heteroatoms. The topological polar surface area (TPSA) is 26.3 Å². The highest BCUT2D eigenvalue weighted by Gasteiger charge is 2.10. The van der Waals surface area contributed by atoms with Gasteiger partial charge in [0.2, 0.25) is 0 Å². The van der Waals surface area contributed by atoms with Gasteiger partial charge in [0.05, 0.1) is 0 Å². The first-order valence-electron chi connectivity index (χ1n) is 5.74. The molecule has 2 aromatic rings. The Balaban J connectivity index is 2.04. The normalized spacial score (nSPS) is 10.3. The van der Waals surface area contributed by atoms with Gasteiger partial charge in [-0.15, -0.1) is 0 Å². The average molecular weight is 262 g/mol. The van der Waals surface area contributed by atoms with Gasteiger partial charge >= 0.3 is 0 Å². The number of Topliss-reactive ketones (excluding diaryl/α,β-unsaturated/α-hetero) is 1. The molecule has 0 aliphatic heterocycles. The quantitative estimate of drug-likeness (QED) is 0.788. The summed E-state index contributed by atoms with van der Waals surface area (Å²) in [5, 5.41) is 0. The van der Waals surface area contributed by atoms with E-state index in [1.54, 1.807) is 24.3 Å². The molecule has 2 rings (SSSR count). The van der Waals surface area contributed by atoms with Gasteiger partial charge in [0.1, 0.15) is 5.82 Å². The summed E-state index contributed by atoms with van der Waals surface area (Å²) >= 11 is 0. The monoisotopic (exact) mass is 262 g/mol. The van der Waals surface area contributed by atoms with Crippen molar-refractivity contribution in [2.75, 3.05) is 6.61 Å². The predicted octanol–water partition coefficient (Wildman–Crippen LogP) is 3.53. The Morgan fingerprint density at radius 2 is 1.79 bits per heavy atom. The smallest absolute Gasteiger partial charge is 0.200 e. The van der Waals surface area contributed by atoms with Gasteiger partial charge in [-0.1, -0.05) is 29.8 Å². The SMILES string of the molecule is Cc1ccc(C(=O)COc2cc(F)ccc2F)cc1. The first-order valence-corrected chi connectivity index (χ1v) is 5.74. The van der Waals surface area contributed by atoms with Crippen LogP contribution in [0.3, 0.4) is 0 Å². The lowest BCUT2D eigenvalue weighted by Gasteiger charge is -2.07. The van der Waals surface area contributed by atoms with Crippen LogP contribution in [-0.4, -0.2) is 12.4 Å². The molecule has 0 amide bonds. The zero-order valence-corrected chi connectivity index (χ0v) is 10.3. The minimum atomic E-state index is -0.696. The third-order valence-corrected chi connectivity index (χ3v) is 2.63. The van der Waals surface area contributed by atoms with Gasteiger partial charge in [-0.25, -0.2) is 8.78 Å². The highest BCUT2D eigenvalue weighted by atomic mass is 19.1. The van der Waals surface area contributed by atoms with Gasteiger partial charge in [-0.2, -0.15) is 0 Å². The van der Waals surface area contributed by atoms with Crippen LogP contribution in [0.2, 0.25) is 0 Å². The van der Waals surface area contributed by atoms with E-state index in [2.05, 4.69) is 0 Å². The standard InChI is InChI=1S/C15H12F2O2/c1-10-2-4-11(5-3-10)14(18)9-19-15-8-12(16)6-7-13(15)17/h2-8H,9H2,1H3. The number of hydrogen-bond donors (Lipinski definition) is 0. The summed E-state index contributed by atoms with van der Waals surface area (Å²) in [5.41, 5.74) is 1.51. The van der Waals surface area contributed by atoms with Crippen LogP contribution in [-0.2, 0) is 0 Å². The van der Waals surface area contributed by atoms with Crippen molar-refractivity contribution in [1.82, 2.24) is 0 Å². The summed E-state index contributed by atoms with van der Waals surface area (Å²) in [6.45, 7) is 1.58. The van der Waals surface area contributed by atoms with Gasteiger partial charge in [0.25, 0.3) is 0 Å². The maximum atomic E-state index is 13.3. The van der Waals surface area contributed by atoms with Crippen molar-refractivity contribution in [3.05, 3.63) is 65.2 Å². The Morgan fingerprint density at radius 3 is 2.47 bits per heavy atom. The average Bonchev–Trinajstić information content (AvgIpc) is 2.40. The van der Waals surface area contributed by atoms with Crippen LogP contribution in [0, 0.1) is 18.6 Å². The van der Waals surface area contributed by atoms with Gasteiger partial charge in [-0.05, 0) is 19.1 Å². The van der Waals surface area contributed by atoms with E-state index in [0.717, 1.165) is 23.8 Å². The van der Waals surface area contributed by atoms with Gasteiger partial charge in [-0.3, -0.25) is 4.79 Å². The first kappa shape index (κ1) is 13.2. The van der Waals surface area contributed by atoms with Crippen LogP contribution in [0.4, 0.5) is 8.78 Å². The molecule has 0 fully saturated rings. The number of hydrogen-bond acceptors (Lipinski definition) is 2. The molecule has 2 nitrogen and oxygen atoms in total. The Labute approximate surface area is 109 Å². The summed E-state index contributed by atoms with van der Waals surface area (Å²) in [5.74, 6) is -1.86. The number of aryl methyl sites for hydroxylation is 1. The second-order valence-corrected chi connectivity index (χ2v) is 4.15. The molecule has 19 heavy (non-hydrogen) atoms. The summed E-state index contributed by atoms with van der Waals surface area (Å²) in [6, 6.07) is 9.81. The molecule has 0 N–H and O–H groups in total. The maximum absolute atomic E-state index is 13.3. The molecule has 0 unspecified atom stereocenters. The highest BCUT2D eigenvalue weighted by Crippen LogP contribution is 2.18. The fourth-order valence-corrected chi connectivity index (χ4v) is 1.55. The van der Waals surface area contributed by atoms with E-state index in [9.17, 15) is 13.6 Å². The minimum absolute atomic E-state index is 0.263. The van der Waals surface area contributed by atoms with Crippen molar-refractivity contribution in [3.8, 4) is 5.75 Å². The molecule has 0 heterocycles. The molecular weight excluding hydrogens is 250 g/mol. The molecule has 0 aromatic heterocycles. The van der Waals surface area contributed by atoms with Crippen molar-refractivity contribution in [2.45, 2.75) is 6.92 Å². The number of ether oxygens (including phenoxy) is 1. The lowest BCUT2D eigenvalue weighted by Crippen LogP contribution is -2.12. The minimum Gasteiger partial charge on any atom is -0.482 e. The molecule has 98 valence electrons. The Bertz CT molecular complexity index is 592. The van der Waals surface area contributed by atoms with E-state index in [-0.39, 0.29) is 18.1 Å². The highest BCUT2D eigenvalue weighted by molar-refractivity contribution is 5.97. The zero-order valence-electron chi connectivity index (χ0n) is 10.3. The molecule has 0 atom stereocenters. The van der Waals surface area contributed by atoms with Gasteiger partial charge < -0.3 is 4.74 Å². The number of ketones is 1. The van der Waals surface area contributed by atoms with E-state index in [4.69, 9.17) is 4.74 Å². The van der Waals surface area contributed by atoms with E-state index in [1.165, 1.54) is 0 Å². The predicted molar refractivity (Wildman–Crippen MR) is 67.4 cm³/mol. The molecule has 0 bridgehead atoms. The van der Waals surface area contributed by atoms with E-state index < -0.39 is 11.6 Å². The van der Waals surface area contributed by atoms with Crippen LogP contribution in [0.5, 0.6) is 5.75 Å². The molecule has 0 radical (unpaired) electrons. The lowest BCUT2D eigenvalue weighted by atomic mass is 10.1. The van der Waals surface area contributed by atoms with Gasteiger partial charge in [0, 0.05) is 11.6 Å². The van der Waals surface area contributed by atoms with Crippen LogP contribution in [0.15, 0.2) is 42.5 Å². The number of halogens is 2. The molecule has 0 saturated carbocycles. The molecular formula is C15H12F2O2. The molecule has 0 aliphatic carbocycles. The molecule has 0 saturated heterocycles. The summed E-state index contributed by atoms with van der Waals surface area (Å²) in [7, 11) is 0. The third-order valence-electron chi connectivity index (χ3n) is 2.63. The van der Waals surface area contributed by atoms with Gasteiger partial charge in [0.15, 0.2) is 24.0 Å². The number of rotatable bonds is 4. The lowest BCUT2D eigenvalue weighted by molar-refractivity contribution is 0.0918. The summed E-state index contributed by atoms with van der Waals surface area (Å²) in [6.07, 6.45) is 0. The first-order chi connectivity index (χ1) is 9.06. The largest absolute Gasteiger partial charge is 0.482 e. The van der Waals surface area contributed by atoms with E-state index in [1.807, 2.05) is 6.92 Å². The van der Waals surface area contributed by atoms with Crippen LogP contribution >= 0.6 is 0 Å². The maximum Gasteiger partial charge on any atom is 0.200 e. The molecule has 0 aliphatic rings.